The molecule has 0 radical (unpaired) electrons. The fraction of sp³-hybridized carbons (Fsp3) is 0.188. The summed E-state index contributed by atoms with van der Waals surface area (Å²) in [6.07, 6.45) is 4.53. The van der Waals surface area contributed by atoms with Crippen LogP contribution in [0.2, 0.25) is 0 Å². The molecule has 1 rings (SSSR count). The van der Waals surface area contributed by atoms with Crippen LogP contribution in [0.25, 0.3) is 0 Å². The lowest BCUT2D eigenvalue weighted by atomic mass is 10.2. The molecule has 0 amide bonds. The molecule has 0 fully saturated rings. The molecule has 0 aliphatic heterocycles. The lowest BCUT2D eigenvalue weighted by Crippen LogP contribution is -1.87. The fourth-order valence-corrected chi connectivity index (χ4v) is 2.03. The van der Waals surface area contributed by atoms with E-state index in [2.05, 4.69) is 24.0 Å². The van der Waals surface area contributed by atoms with Crippen molar-refractivity contribution in [2.75, 3.05) is 5.75 Å². The normalized spacial score (nSPS) is 11.1. The Kier molecular flexibility index (Phi) is 7.23. The molecule has 0 saturated heterocycles. The highest BCUT2D eigenvalue weighted by Gasteiger charge is 1.89. The molecule has 0 unspecified atom stereocenters. The van der Waals surface area contributed by atoms with E-state index in [1.165, 1.54) is 5.56 Å². The molecule has 0 spiro atoms. The fourth-order valence-electron chi connectivity index (χ4n) is 1.31. The van der Waals surface area contributed by atoms with Crippen LogP contribution in [-0.4, -0.2) is 16.8 Å². The zero-order chi connectivity index (χ0) is 13.9. The molecule has 0 heterocycles. The van der Waals surface area contributed by atoms with E-state index in [1.807, 2.05) is 18.2 Å². The molecule has 1 N–H and O–H groups in total. The highest BCUT2D eigenvalue weighted by atomic mass is 32.2. The smallest absolute Gasteiger partial charge is 0.328 e. The minimum absolute atomic E-state index is 0.679. The number of carboxylic acid groups (broad SMARTS) is 1. The van der Waals surface area contributed by atoms with Gasteiger partial charge in [0.25, 0.3) is 0 Å². The number of thioether (sulfide) groups is 1. The molecule has 0 atom stereocenters. The van der Waals surface area contributed by atoms with E-state index < -0.39 is 5.97 Å². The maximum Gasteiger partial charge on any atom is 0.328 e. The van der Waals surface area contributed by atoms with E-state index in [-0.39, 0.29) is 0 Å². The molecule has 1 aromatic carbocycles. The van der Waals surface area contributed by atoms with Gasteiger partial charge in [0.05, 0.1) is 5.75 Å². The van der Waals surface area contributed by atoms with E-state index in [0.29, 0.717) is 5.57 Å². The zero-order valence-corrected chi connectivity index (χ0v) is 11.6. The maximum absolute atomic E-state index is 10.4. The van der Waals surface area contributed by atoms with Crippen molar-refractivity contribution >= 4 is 17.7 Å². The van der Waals surface area contributed by atoms with Crippen molar-refractivity contribution in [1.29, 1.82) is 0 Å². The molecule has 98 valence electrons. The molecule has 0 bridgehead atoms. The van der Waals surface area contributed by atoms with Crippen LogP contribution in [-0.2, 0) is 10.5 Å². The molecular formula is C16H16O2S. The lowest BCUT2D eigenvalue weighted by molar-refractivity contribution is -0.131. The molecule has 2 nitrogen and oxygen atoms in total. The minimum Gasteiger partial charge on any atom is -0.478 e. The number of carboxylic acids is 1. The Balaban J connectivity index is 2.25. The third-order valence-corrected chi connectivity index (χ3v) is 3.05. The van der Waals surface area contributed by atoms with E-state index in [9.17, 15) is 4.79 Å². The molecule has 0 aliphatic rings. The van der Waals surface area contributed by atoms with Gasteiger partial charge in [0, 0.05) is 11.8 Å². The van der Waals surface area contributed by atoms with Crippen molar-refractivity contribution in [2.24, 2.45) is 0 Å². The Morgan fingerprint density at radius 2 is 2.11 bits per heavy atom. The van der Waals surface area contributed by atoms with E-state index >= 15 is 0 Å². The number of rotatable bonds is 5. The highest BCUT2D eigenvalue weighted by molar-refractivity contribution is 7.98. The third kappa shape index (κ3) is 7.91. The topological polar surface area (TPSA) is 37.3 Å². The number of carbonyl (C=O) groups is 1. The minimum atomic E-state index is -0.937. The summed E-state index contributed by atoms with van der Waals surface area (Å²) >= 11 is 1.76. The molecule has 0 aliphatic carbocycles. The van der Waals surface area contributed by atoms with Crippen molar-refractivity contribution in [3.63, 3.8) is 0 Å². The summed E-state index contributed by atoms with van der Waals surface area (Å²) in [6, 6.07) is 10.3. The summed E-state index contributed by atoms with van der Waals surface area (Å²) in [7, 11) is 0. The predicted molar refractivity (Wildman–Crippen MR) is 80.9 cm³/mol. The third-order valence-electron chi connectivity index (χ3n) is 2.17. The van der Waals surface area contributed by atoms with Gasteiger partial charge in [-0.2, -0.15) is 0 Å². The van der Waals surface area contributed by atoms with Gasteiger partial charge in [0.15, 0.2) is 0 Å². The van der Waals surface area contributed by atoms with Crippen LogP contribution in [0.15, 0.2) is 54.1 Å². The standard InChI is InChI=1S/C16H16O2S/c1-14(12-16(17)18)8-4-3-7-11-19-13-15-9-5-2-6-10-15/h2,4-6,8-10,12H,11,13H2,1H3,(H,17,18)/b8-4+,14-12-. The lowest BCUT2D eigenvalue weighted by Gasteiger charge is -1.96. The summed E-state index contributed by atoms with van der Waals surface area (Å²) < 4.78 is 0. The molecule has 1 aromatic rings. The van der Waals surface area contributed by atoms with Crippen LogP contribution in [0.5, 0.6) is 0 Å². The molecule has 3 heteroatoms. The Morgan fingerprint density at radius 3 is 2.79 bits per heavy atom. The van der Waals surface area contributed by atoms with Gasteiger partial charge in [-0.15, -0.1) is 11.8 Å². The first kappa shape index (κ1) is 15.1. The van der Waals surface area contributed by atoms with Gasteiger partial charge < -0.3 is 5.11 Å². The molecular weight excluding hydrogens is 256 g/mol. The average Bonchev–Trinajstić information content (AvgIpc) is 2.38. The van der Waals surface area contributed by atoms with Gasteiger partial charge in [-0.05, 0) is 24.1 Å². The van der Waals surface area contributed by atoms with Gasteiger partial charge >= 0.3 is 5.97 Å². The molecule has 0 saturated carbocycles. The molecule has 0 aromatic heterocycles. The first-order valence-corrected chi connectivity index (χ1v) is 7.02. The maximum atomic E-state index is 10.4. The molecule has 19 heavy (non-hydrogen) atoms. The monoisotopic (exact) mass is 272 g/mol. The number of hydrogen-bond acceptors (Lipinski definition) is 2. The van der Waals surface area contributed by atoms with Crippen molar-refractivity contribution in [1.82, 2.24) is 0 Å². The van der Waals surface area contributed by atoms with E-state index in [4.69, 9.17) is 5.11 Å². The van der Waals surface area contributed by atoms with Gasteiger partial charge in [0.1, 0.15) is 0 Å². The Bertz CT molecular complexity index is 519. The summed E-state index contributed by atoms with van der Waals surface area (Å²) in [5.74, 6) is 6.69. The number of aliphatic carboxylic acids is 1. The van der Waals surface area contributed by atoms with Crippen LogP contribution in [0.4, 0.5) is 0 Å². The van der Waals surface area contributed by atoms with Crippen molar-refractivity contribution in [3.8, 4) is 11.8 Å². The van der Waals surface area contributed by atoms with Gasteiger partial charge in [-0.25, -0.2) is 4.79 Å². The predicted octanol–water partition coefficient (Wildman–Crippen LogP) is 3.51. The van der Waals surface area contributed by atoms with Crippen LogP contribution < -0.4 is 0 Å². The summed E-state index contributed by atoms with van der Waals surface area (Å²) in [6.45, 7) is 1.73. The second kappa shape index (κ2) is 9.07. The second-order valence-corrected chi connectivity index (χ2v) is 4.85. The number of hydrogen-bond donors (Lipinski definition) is 1. The van der Waals surface area contributed by atoms with Gasteiger partial charge in [-0.3, -0.25) is 0 Å². The van der Waals surface area contributed by atoms with Crippen LogP contribution >= 0.6 is 11.8 Å². The van der Waals surface area contributed by atoms with Crippen LogP contribution in [0.3, 0.4) is 0 Å². The van der Waals surface area contributed by atoms with Crippen LogP contribution in [0, 0.1) is 11.8 Å². The summed E-state index contributed by atoms with van der Waals surface area (Å²) in [4.78, 5) is 10.4. The van der Waals surface area contributed by atoms with Crippen molar-refractivity contribution in [2.45, 2.75) is 12.7 Å². The number of allylic oxidation sites excluding steroid dienone is 3. The zero-order valence-electron chi connectivity index (χ0n) is 10.8. The largest absolute Gasteiger partial charge is 0.478 e. The number of benzene rings is 1. The SMILES string of the molecule is CC(=C/C(=O)O)/C=C/C#CCSCc1ccccc1. The van der Waals surface area contributed by atoms with Crippen molar-refractivity contribution in [3.05, 3.63) is 59.7 Å². The Morgan fingerprint density at radius 1 is 1.37 bits per heavy atom. The Labute approximate surface area is 118 Å². The van der Waals surface area contributed by atoms with Gasteiger partial charge in [0.2, 0.25) is 0 Å². The average molecular weight is 272 g/mol. The quantitative estimate of drug-likeness (QED) is 0.386. The first-order valence-electron chi connectivity index (χ1n) is 5.86. The van der Waals surface area contributed by atoms with Gasteiger partial charge in [-0.1, -0.05) is 48.2 Å². The summed E-state index contributed by atoms with van der Waals surface area (Å²) in [5.41, 5.74) is 1.98. The first-order chi connectivity index (χ1) is 9.18. The van der Waals surface area contributed by atoms with E-state index in [0.717, 1.165) is 17.6 Å². The Hall–Kier alpha value is -1.92. The van der Waals surface area contributed by atoms with Crippen LogP contribution in [0.1, 0.15) is 12.5 Å². The summed E-state index contributed by atoms with van der Waals surface area (Å²) in [5, 5.41) is 8.52. The van der Waals surface area contributed by atoms with E-state index in [1.54, 1.807) is 30.8 Å². The second-order valence-electron chi connectivity index (χ2n) is 3.86. The highest BCUT2D eigenvalue weighted by Crippen LogP contribution is 2.10. The van der Waals surface area contributed by atoms with Crippen molar-refractivity contribution < 1.29 is 9.90 Å².